The van der Waals surface area contributed by atoms with E-state index in [1.807, 2.05) is 0 Å². The maximum Gasteiger partial charge on any atom is 0.393 e. The number of rotatable bonds is 1. The van der Waals surface area contributed by atoms with Crippen LogP contribution in [0.4, 0.5) is 13.2 Å². The lowest BCUT2D eigenvalue weighted by Gasteiger charge is -2.29. The van der Waals surface area contributed by atoms with E-state index in [1.165, 1.54) is 6.08 Å². The highest BCUT2D eigenvalue weighted by Crippen LogP contribution is 2.38. The van der Waals surface area contributed by atoms with Crippen molar-refractivity contribution in [1.29, 1.82) is 0 Å². The zero-order chi connectivity index (χ0) is 9.90. The lowest BCUT2D eigenvalue weighted by molar-refractivity contribution is -0.185. The molecule has 2 atom stereocenters. The van der Waals surface area contributed by atoms with Gasteiger partial charge in [-0.25, -0.2) is 9.79 Å². The third kappa shape index (κ3) is 2.56. The molecule has 1 saturated carbocycles. The largest absolute Gasteiger partial charge is 0.393 e. The summed E-state index contributed by atoms with van der Waals surface area (Å²) in [5.74, 6) is -1.44. The number of nitrogens with zero attached hydrogens (tertiary/aromatic N) is 1. The Morgan fingerprint density at radius 2 is 1.85 bits per heavy atom. The first kappa shape index (κ1) is 10.3. The van der Waals surface area contributed by atoms with Crippen molar-refractivity contribution in [3.63, 3.8) is 0 Å². The Kier molecular flexibility index (Phi) is 3.09. The van der Waals surface area contributed by atoms with Crippen molar-refractivity contribution in [2.45, 2.75) is 37.9 Å². The normalized spacial score (nSPS) is 29.5. The first-order valence-electron chi connectivity index (χ1n) is 4.19. The molecule has 0 N–H and O–H groups in total. The zero-order valence-electron chi connectivity index (χ0n) is 6.97. The van der Waals surface area contributed by atoms with Crippen molar-refractivity contribution in [2.75, 3.05) is 0 Å². The van der Waals surface area contributed by atoms with Crippen LogP contribution in [-0.2, 0) is 4.79 Å². The van der Waals surface area contributed by atoms with Gasteiger partial charge in [0.1, 0.15) is 0 Å². The zero-order valence-corrected chi connectivity index (χ0v) is 6.97. The van der Waals surface area contributed by atoms with E-state index in [-0.39, 0.29) is 6.42 Å². The molecule has 0 spiro atoms. The Morgan fingerprint density at radius 1 is 1.23 bits per heavy atom. The summed E-state index contributed by atoms with van der Waals surface area (Å²) in [6.45, 7) is 0. The molecule has 2 nitrogen and oxygen atoms in total. The fraction of sp³-hybridized carbons (Fsp3) is 0.875. The molecule has 0 aromatic heterocycles. The quantitative estimate of drug-likeness (QED) is 0.464. The number of isocyanates is 1. The third-order valence-corrected chi connectivity index (χ3v) is 2.37. The number of carbonyl (C=O) groups excluding carboxylic acids is 1. The highest BCUT2D eigenvalue weighted by Gasteiger charge is 2.45. The minimum absolute atomic E-state index is 0.0827. The highest BCUT2D eigenvalue weighted by molar-refractivity contribution is 5.33. The summed E-state index contributed by atoms with van der Waals surface area (Å²) in [5, 5.41) is 0. The van der Waals surface area contributed by atoms with E-state index < -0.39 is 18.1 Å². The van der Waals surface area contributed by atoms with Gasteiger partial charge in [0.15, 0.2) is 0 Å². The summed E-state index contributed by atoms with van der Waals surface area (Å²) in [6.07, 6.45) is -1.31. The molecule has 1 fully saturated rings. The average molecular weight is 193 g/mol. The fourth-order valence-electron chi connectivity index (χ4n) is 1.72. The molecule has 1 aliphatic rings. The lowest BCUT2D eigenvalue weighted by Crippen LogP contribution is -2.35. The molecule has 0 aromatic carbocycles. The predicted octanol–water partition coefficient (Wildman–Crippen LogP) is 2.44. The summed E-state index contributed by atoms with van der Waals surface area (Å²) >= 11 is 0. The lowest BCUT2D eigenvalue weighted by atomic mass is 9.84. The second-order valence-corrected chi connectivity index (χ2v) is 3.22. The topological polar surface area (TPSA) is 29.4 Å². The molecule has 1 aliphatic carbocycles. The third-order valence-electron chi connectivity index (χ3n) is 2.37. The highest BCUT2D eigenvalue weighted by atomic mass is 19.4. The van der Waals surface area contributed by atoms with Crippen LogP contribution in [0.25, 0.3) is 0 Å². The van der Waals surface area contributed by atoms with Crippen LogP contribution in [-0.4, -0.2) is 18.3 Å². The Labute approximate surface area is 73.8 Å². The van der Waals surface area contributed by atoms with Gasteiger partial charge in [-0.2, -0.15) is 13.2 Å². The summed E-state index contributed by atoms with van der Waals surface area (Å²) in [7, 11) is 0. The van der Waals surface area contributed by atoms with E-state index in [9.17, 15) is 18.0 Å². The van der Waals surface area contributed by atoms with Crippen molar-refractivity contribution in [1.82, 2.24) is 0 Å². The van der Waals surface area contributed by atoms with Crippen LogP contribution < -0.4 is 0 Å². The van der Waals surface area contributed by atoms with Gasteiger partial charge in [-0.1, -0.05) is 12.8 Å². The minimum Gasteiger partial charge on any atom is -0.211 e. The molecule has 1 rings (SSSR count). The van der Waals surface area contributed by atoms with Crippen LogP contribution >= 0.6 is 0 Å². The molecule has 74 valence electrons. The van der Waals surface area contributed by atoms with E-state index in [4.69, 9.17) is 0 Å². The summed E-state index contributed by atoms with van der Waals surface area (Å²) in [6, 6.07) is -0.897. The molecule has 0 heterocycles. The maximum absolute atomic E-state index is 12.3. The molecule has 5 heteroatoms. The van der Waals surface area contributed by atoms with Gasteiger partial charge in [-0.05, 0) is 12.8 Å². The van der Waals surface area contributed by atoms with Crippen LogP contribution in [0.1, 0.15) is 25.7 Å². The van der Waals surface area contributed by atoms with Gasteiger partial charge < -0.3 is 0 Å². The van der Waals surface area contributed by atoms with Crippen LogP contribution in [0.15, 0.2) is 4.99 Å². The molecule has 13 heavy (non-hydrogen) atoms. The van der Waals surface area contributed by atoms with Crippen molar-refractivity contribution in [3.05, 3.63) is 0 Å². The number of hydrogen-bond acceptors (Lipinski definition) is 2. The van der Waals surface area contributed by atoms with Crippen LogP contribution in [0, 0.1) is 5.92 Å². The van der Waals surface area contributed by atoms with Gasteiger partial charge in [0.25, 0.3) is 0 Å². The summed E-state index contributed by atoms with van der Waals surface area (Å²) < 4.78 is 37.0. The molecular weight excluding hydrogens is 183 g/mol. The second-order valence-electron chi connectivity index (χ2n) is 3.22. The minimum atomic E-state index is -4.23. The van der Waals surface area contributed by atoms with E-state index >= 15 is 0 Å². The van der Waals surface area contributed by atoms with E-state index in [2.05, 4.69) is 4.99 Å². The van der Waals surface area contributed by atoms with Crippen molar-refractivity contribution >= 4 is 6.08 Å². The smallest absolute Gasteiger partial charge is 0.211 e. The SMILES string of the molecule is O=C=NC1CCCCC1C(F)(F)F. The molecule has 0 aliphatic heterocycles. The molecule has 0 aromatic rings. The van der Waals surface area contributed by atoms with Crippen molar-refractivity contribution in [3.8, 4) is 0 Å². The number of halogens is 3. The number of aliphatic imine (C=N–C) groups is 1. The standard InChI is InChI=1S/C8H10F3NO/c9-8(10,11)6-3-1-2-4-7(6)12-5-13/h6-7H,1-4H2. The van der Waals surface area contributed by atoms with E-state index in [0.717, 1.165) is 0 Å². The van der Waals surface area contributed by atoms with Gasteiger partial charge >= 0.3 is 6.18 Å². The van der Waals surface area contributed by atoms with E-state index in [1.54, 1.807) is 0 Å². The molecule has 0 bridgehead atoms. The van der Waals surface area contributed by atoms with E-state index in [0.29, 0.717) is 19.3 Å². The number of alkyl halides is 3. The van der Waals surface area contributed by atoms with Crippen LogP contribution in [0.3, 0.4) is 0 Å². The van der Waals surface area contributed by atoms with Crippen molar-refractivity contribution in [2.24, 2.45) is 10.9 Å². The first-order valence-corrected chi connectivity index (χ1v) is 4.19. The molecule has 2 unspecified atom stereocenters. The van der Waals surface area contributed by atoms with Gasteiger partial charge in [0, 0.05) is 0 Å². The average Bonchev–Trinajstić information content (AvgIpc) is 2.04. The first-order chi connectivity index (χ1) is 6.05. The fourth-order valence-corrected chi connectivity index (χ4v) is 1.72. The van der Waals surface area contributed by atoms with Gasteiger partial charge in [0.2, 0.25) is 6.08 Å². The van der Waals surface area contributed by atoms with Crippen LogP contribution in [0.2, 0.25) is 0 Å². The van der Waals surface area contributed by atoms with Crippen molar-refractivity contribution < 1.29 is 18.0 Å². The van der Waals surface area contributed by atoms with Gasteiger partial charge in [-0.15, -0.1) is 0 Å². The maximum atomic E-state index is 12.3. The second kappa shape index (κ2) is 3.92. The Balaban J connectivity index is 2.73. The Morgan fingerprint density at radius 3 is 2.38 bits per heavy atom. The van der Waals surface area contributed by atoms with Gasteiger partial charge in [0.05, 0.1) is 12.0 Å². The Hall–Kier alpha value is -0.830. The molecule has 0 amide bonds. The molecule has 0 saturated heterocycles. The van der Waals surface area contributed by atoms with Crippen LogP contribution in [0.5, 0.6) is 0 Å². The van der Waals surface area contributed by atoms with Gasteiger partial charge in [-0.3, -0.25) is 0 Å². The molecular formula is C8H10F3NO. The molecule has 0 radical (unpaired) electrons. The summed E-state index contributed by atoms with van der Waals surface area (Å²) in [5.41, 5.74) is 0. The summed E-state index contributed by atoms with van der Waals surface area (Å²) in [4.78, 5) is 13.1. The number of hydrogen-bond donors (Lipinski definition) is 0. The predicted molar refractivity (Wildman–Crippen MR) is 39.9 cm³/mol. The monoisotopic (exact) mass is 193 g/mol. The Bertz CT molecular complexity index is 220.